The highest BCUT2D eigenvalue weighted by molar-refractivity contribution is 6.01. The average Bonchev–Trinajstić information content (AvgIpc) is 3.24. The van der Waals surface area contributed by atoms with Crippen LogP contribution in [0.25, 0.3) is 22.2 Å². The van der Waals surface area contributed by atoms with Crippen molar-refractivity contribution >= 4 is 28.5 Å². The van der Waals surface area contributed by atoms with Gasteiger partial charge in [-0.2, -0.15) is 8.78 Å². The van der Waals surface area contributed by atoms with Crippen molar-refractivity contribution in [3.8, 4) is 17.1 Å². The minimum absolute atomic E-state index is 0.0316. The van der Waals surface area contributed by atoms with Crippen molar-refractivity contribution in [1.29, 1.82) is 0 Å². The topological polar surface area (TPSA) is 90.7 Å². The first-order valence-electron chi connectivity index (χ1n) is 9.93. The Hall–Kier alpha value is -4.27. The molecule has 0 aliphatic rings. The highest BCUT2D eigenvalue weighted by atomic mass is 19.3. The van der Waals surface area contributed by atoms with Gasteiger partial charge in [-0.3, -0.25) is 4.79 Å². The molecule has 0 radical (unpaired) electrons. The Morgan fingerprint density at radius 2 is 1.73 bits per heavy atom. The van der Waals surface area contributed by atoms with Crippen LogP contribution in [0.15, 0.2) is 77.3 Å². The Morgan fingerprint density at radius 3 is 2.48 bits per heavy atom. The molecule has 0 aliphatic heterocycles. The molecule has 9 heteroatoms. The SMILES string of the molecule is CC(OC(=O)c1ccc2noc(-c3ccccc3)c2c1)C(=O)Nc1ccccc1OC(F)F. The van der Waals surface area contributed by atoms with Gasteiger partial charge in [0.05, 0.1) is 16.6 Å². The number of nitrogens with zero attached hydrogens (tertiary/aromatic N) is 1. The van der Waals surface area contributed by atoms with Crippen LogP contribution in [0.2, 0.25) is 0 Å². The summed E-state index contributed by atoms with van der Waals surface area (Å²) in [6.07, 6.45) is -1.20. The monoisotopic (exact) mass is 452 g/mol. The van der Waals surface area contributed by atoms with Gasteiger partial charge < -0.3 is 19.3 Å². The molecule has 0 spiro atoms. The normalized spacial score (nSPS) is 11.9. The van der Waals surface area contributed by atoms with E-state index in [2.05, 4.69) is 15.2 Å². The Labute approximate surface area is 186 Å². The number of rotatable bonds is 7. The Balaban J connectivity index is 1.48. The summed E-state index contributed by atoms with van der Waals surface area (Å²) in [7, 11) is 0. The summed E-state index contributed by atoms with van der Waals surface area (Å²) in [4.78, 5) is 25.1. The molecule has 168 valence electrons. The first kappa shape index (κ1) is 21.9. The molecule has 4 rings (SSSR count). The lowest BCUT2D eigenvalue weighted by atomic mass is 10.1. The van der Waals surface area contributed by atoms with E-state index >= 15 is 0 Å². The molecule has 0 aliphatic carbocycles. The summed E-state index contributed by atoms with van der Waals surface area (Å²) in [6.45, 7) is -1.68. The molecule has 1 amide bonds. The van der Waals surface area contributed by atoms with Crippen molar-refractivity contribution in [3.63, 3.8) is 0 Å². The molecule has 1 atom stereocenters. The maximum Gasteiger partial charge on any atom is 0.387 e. The number of para-hydroxylation sites is 2. The lowest BCUT2D eigenvalue weighted by Gasteiger charge is -2.15. The van der Waals surface area contributed by atoms with E-state index < -0.39 is 24.6 Å². The molecule has 3 aromatic carbocycles. The molecule has 1 heterocycles. The third-order valence-corrected chi connectivity index (χ3v) is 4.76. The fourth-order valence-corrected chi connectivity index (χ4v) is 3.15. The van der Waals surface area contributed by atoms with Gasteiger partial charge >= 0.3 is 12.6 Å². The number of halogens is 2. The Morgan fingerprint density at radius 1 is 1.00 bits per heavy atom. The van der Waals surface area contributed by atoms with E-state index in [1.54, 1.807) is 18.2 Å². The number of ether oxygens (including phenoxy) is 2. The molecule has 0 fully saturated rings. The van der Waals surface area contributed by atoms with Crippen molar-refractivity contribution in [1.82, 2.24) is 5.16 Å². The van der Waals surface area contributed by atoms with Crippen molar-refractivity contribution in [3.05, 3.63) is 78.4 Å². The number of aromatic nitrogens is 1. The van der Waals surface area contributed by atoms with Gasteiger partial charge in [-0.25, -0.2) is 4.79 Å². The first-order valence-corrected chi connectivity index (χ1v) is 9.93. The molecule has 1 aromatic heterocycles. The van der Waals surface area contributed by atoms with Gasteiger partial charge in [0.15, 0.2) is 11.9 Å². The second-order valence-electron chi connectivity index (χ2n) is 7.02. The predicted molar refractivity (Wildman–Crippen MR) is 116 cm³/mol. The second-order valence-corrected chi connectivity index (χ2v) is 7.02. The van der Waals surface area contributed by atoms with E-state index in [-0.39, 0.29) is 17.0 Å². The second kappa shape index (κ2) is 9.47. The van der Waals surface area contributed by atoms with E-state index in [0.29, 0.717) is 16.7 Å². The molecule has 0 bridgehead atoms. The highest BCUT2D eigenvalue weighted by Gasteiger charge is 2.22. The number of nitrogens with one attached hydrogen (secondary N) is 1. The van der Waals surface area contributed by atoms with Gasteiger partial charge in [-0.1, -0.05) is 47.6 Å². The maximum absolute atomic E-state index is 12.7. The van der Waals surface area contributed by atoms with Crippen molar-refractivity contribution in [2.24, 2.45) is 0 Å². The molecule has 7 nitrogen and oxygen atoms in total. The first-order chi connectivity index (χ1) is 15.9. The van der Waals surface area contributed by atoms with Gasteiger partial charge in [0.1, 0.15) is 11.3 Å². The predicted octanol–water partition coefficient (Wildman–Crippen LogP) is 5.28. The minimum atomic E-state index is -3.05. The molecule has 1 N–H and O–H groups in total. The van der Waals surface area contributed by atoms with Crippen LogP contribution in [0, 0.1) is 0 Å². The zero-order chi connectivity index (χ0) is 23.4. The minimum Gasteiger partial charge on any atom is -0.449 e. The summed E-state index contributed by atoms with van der Waals surface area (Å²) in [5.41, 5.74) is 1.59. The lowest BCUT2D eigenvalue weighted by molar-refractivity contribution is -0.123. The van der Waals surface area contributed by atoms with Crippen LogP contribution in [-0.4, -0.2) is 29.7 Å². The molecule has 33 heavy (non-hydrogen) atoms. The van der Waals surface area contributed by atoms with Gasteiger partial charge in [0.2, 0.25) is 0 Å². The van der Waals surface area contributed by atoms with E-state index in [1.165, 1.54) is 31.2 Å². The Bertz CT molecular complexity index is 1290. The standard InChI is InChI=1S/C24H18F2N2O5/c1-14(22(29)27-19-9-5-6-10-20(19)32-24(25)26)31-23(30)16-11-12-18-17(13-16)21(33-28-18)15-7-3-2-4-8-15/h2-14,24H,1H3,(H,27,29). The summed E-state index contributed by atoms with van der Waals surface area (Å²) < 4.78 is 40.2. The Kier molecular flexibility index (Phi) is 6.30. The van der Waals surface area contributed by atoms with E-state index in [0.717, 1.165) is 5.56 Å². The zero-order valence-corrected chi connectivity index (χ0v) is 17.3. The van der Waals surface area contributed by atoms with Crippen LogP contribution in [0.1, 0.15) is 17.3 Å². The number of amides is 1. The van der Waals surface area contributed by atoms with Crippen LogP contribution in [-0.2, 0) is 9.53 Å². The van der Waals surface area contributed by atoms with Crippen LogP contribution in [0.3, 0.4) is 0 Å². The zero-order valence-electron chi connectivity index (χ0n) is 17.3. The number of hydrogen-bond donors (Lipinski definition) is 1. The third-order valence-electron chi connectivity index (χ3n) is 4.76. The summed E-state index contributed by atoms with van der Waals surface area (Å²) in [6, 6.07) is 19.7. The number of anilines is 1. The molecule has 4 aromatic rings. The van der Waals surface area contributed by atoms with Crippen LogP contribution in [0.4, 0.5) is 14.5 Å². The average molecular weight is 452 g/mol. The molecular weight excluding hydrogens is 434 g/mol. The highest BCUT2D eigenvalue weighted by Crippen LogP contribution is 2.30. The van der Waals surface area contributed by atoms with Gasteiger partial charge in [-0.15, -0.1) is 0 Å². The van der Waals surface area contributed by atoms with Crippen LogP contribution < -0.4 is 10.1 Å². The number of esters is 1. The fourth-order valence-electron chi connectivity index (χ4n) is 3.15. The molecular formula is C24H18F2N2O5. The molecule has 0 saturated heterocycles. The number of benzene rings is 3. The van der Waals surface area contributed by atoms with E-state index in [1.807, 2.05) is 30.3 Å². The van der Waals surface area contributed by atoms with Crippen LogP contribution >= 0.6 is 0 Å². The van der Waals surface area contributed by atoms with Crippen LogP contribution in [0.5, 0.6) is 5.75 Å². The summed E-state index contributed by atoms with van der Waals surface area (Å²) in [5.74, 6) is -1.14. The van der Waals surface area contributed by atoms with E-state index in [4.69, 9.17) is 9.26 Å². The van der Waals surface area contributed by atoms with Gasteiger partial charge in [0.25, 0.3) is 5.91 Å². The van der Waals surface area contributed by atoms with Gasteiger partial charge in [0, 0.05) is 5.56 Å². The summed E-state index contributed by atoms with van der Waals surface area (Å²) >= 11 is 0. The number of carbonyl (C=O) groups excluding carboxylic acids is 2. The maximum atomic E-state index is 12.7. The van der Waals surface area contributed by atoms with Crippen molar-refractivity contribution in [2.75, 3.05) is 5.32 Å². The number of carbonyl (C=O) groups is 2. The molecule has 0 saturated carbocycles. The van der Waals surface area contributed by atoms with Crippen molar-refractivity contribution in [2.45, 2.75) is 19.6 Å². The molecule has 1 unspecified atom stereocenters. The smallest absolute Gasteiger partial charge is 0.387 e. The largest absolute Gasteiger partial charge is 0.449 e. The summed E-state index contributed by atoms with van der Waals surface area (Å²) in [5, 5.41) is 7.05. The lowest BCUT2D eigenvalue weighted by Crippen LogP contribution is -2.30. The number of fused-ring (bicyclic) bond motifs is 1. The quantitative estimate of drug-likeness (QED) is 0.384. The van der Waals surface area contributed by atoms with Crippen molar-refractivity contribution < 1.29 is 32.4 Å². The number of hydrogen-bond acceptors (Lipinski definition) is 6. The van der Waals surface area contributed by atoms with Gasteiger partial charge in [-0.05, 0) is 37.3 Å². The fraction of sp³-hybridized carbons (Fsp3) is 0.125. The third kappa shape index (κ3) is 4.98. The number of alkyl halides is 2. The van der Waals surface area contributed by atoms with E-state index in [9.17, 15) is 18.4 Å².